The molecule has 0 saturated carbocycles. The summed E-state index contributed by atoms with van der Waals surface area (Å²) in [5.74, 6) is -0.167. The number of nitrogens with zero attached hydrogens (tertiary/aromatic N) is 4. The van der Waals surface area contributed by atoms with Crippen LogP contribution in [0, 0.1) is 15.9 Å². The number of fused-ring (bicyclic) bond motifs is 1. The summed E-state index contributed by atoms with van der Waals surface area (Å²) in [6.07, 6.45) is 4.78. The van der Waals surface area contributed by atoms with Crippen LogP contribution in [0.3, 0.4) is 0 Å². The van der Waals surface area contributed by atoms with Gasteiger partial charge in [-0.3, -0.25) is 24.5 Å². The Kier molecular flexibility index (Phi) is 5.50. The summed E-state index contributed by atoms with van der Waals surface area (Å²) in [6, 6.07) is 10.0. The van der Waals surface area contributed by atoms with Crippen molar-refractivity contribution in [2.75, 3.05) is 13.7 Å². The molecule has 1 aliphatic heterocycles. The number of nitrogens with one attached hydrogen (secondary N) is 1. The number of aromatic nitrogens is 3. The molecule has 2 aromatic heterocycles. The fraction of sp³-hybridized carbons (Fsp3) is 0.208. The zero-order valence-electron chi connectivity index (χ0n) is 18.2. The second kappa shape index (κ2) is 8.64. The van der Waals surface area contributed by atoms with Crippen molar-refractivity contribution in [1.82, 2.24) is 19.9 Å². The highest BCUT2D eigenvalue weighted by atomic mass is 19.1. The lowest BCUT2D eigenvalue weighted by Gasteiger charge is -2.19. The van der Waals surface area contributed by atoms with E-state index in [0.29, 0.717) is 22.5 Å². The second-order valence-corrected chi connectivity index (χ2v) is 7.96. The van der Waals surface area contributed by atoms with E-state index < -0.39 is 16.3 Å². The van der Waals surface area contributed by atoms with Crippen LogP contribution < -0.4 is 15.6 Å². The summed E-state index contributed by atoms with van der Waals surface area (Å²) < 4.78 is 20.9. The Labute approximate surface area is 193 Å². The van der Waals surface area contributed by atoms with E-state index in [0.717, 1.165) is 19.4 Å². The van der Waals surface area contributed by atoms with Gasteiger partial charge in [-0.1, -0.05) is 0 Å². The van der Waals surface area contributed by atoms with Crippen LogP contribution in [0.2, 0.25) is 0 Å². The van der Waals surface area contributed by atoms with E-state index in [1.807, 2.05) is 0 Å². The van der Waals surface area contributed by atoms with Crippen LogP contribution in [-0.2, 0) is 0 Å². The van der Waals surface area contributed by atoms with E-state index in [1.54, 1.807) is 30.6 Å². The van der Waals surface area contributed by atoms with Crippen LogP contribution in [0.1, 0.15) is 24.7 Å². The number of hydrogen-bond acceptors (Lipinski definition) is 7. The molecule has 0 spiro atoms. The van der Waals surface area contributed by atoms with Gasteiger partial charge in [0.1, 0.15) is 5.82 Å². The number of pyridine rings is 1. The van der Waals surface area contributed by atoms with Crippen molar-refractivity contribution in [2.45, 2.75) is 18.9 Å². The summed E-state index contributed by atoms with van der Waals surface area (Å²) in [6.45, 7) is 0.757. The van der Waals surface area contributed by atoms with E-state index in [1.165, 1.54) is 35.9 Å². The van der Waals surface area contributed by atoms with Gasteiger partial charge in [-0.2, -0.15) is 0 Å². The highest BCUT2D eigenvalue weighted by molar-refractivity contribution is 5.95. The van der Waals surface area contributed by atoms with Crippen LogP contribution in [0.25, 0.3) is 27.7 Å². The van der Waals surface area contributed by atoms with Gasteiger partial charge >= 0.3 is 0 Å². The van der Waals surface area contributed by atoms with E-state index in [2.05, 4.69) is 10.3 Å². The van der Waals surface area contributed by atoms with Crippen molar-refractivity contribution < 1.29 is 14.1 Å². The highest BCUT2D eigenvalue weighted by Crippen LogP contribution is 2.33. The summed E-state index contributed by atoms with van der Waals surface area (Å²) in [4.78, 5) is 33.8. The van der Waals surface area contributed by atoms with Gasteiger partial charge in [-0.25, -0.2) is 9.37 Å². The summed E-state index contributed by atoms with van der Waals surface area (Å²) in [5, 5.41) is 15.1. The second-order valence-electron chi connectivity index (χ2n) is 7.96. The fourth-order valence-electron chi connectivity index (χ4n) is 4.33. The Morgan fingerprint density at radius 3 is 2.65 bits per heavy atom. The lowest BCUT2D eigenvalue weighted by Crippen LogP contribution is -2.29. The normalized spacial score (nSPS) is 15.5. The third kappa shape index (κ3) is 3.67. The maximum Gasteiger partial charge on any atom is 0.271 e. The van der Waals surface area contributed by atoms with Crippen molar-refractivity contribution in [2.24, 2.45) is 0 Å². The maximum absolute atomic E-state index is 14.6. The molecule has 0 aliphatic carbocycles. The van der Waals surface area contributed by atoms with E-state index in [-0.39, 0.29) is 28.6 Å². The van der Waals surface area contributed by atoms with Crippen LogP contribution in [-0.4, -0.2) is 33.1 Å². The Morgan fingerprint density at radius 1 is 1.21 bits per heavy atom. The quantitative estimate of drug-likeness (QED) is 0.354. The number of nitro benzene ring substituents is 1. The van der Waals surface area contributed by atoms with Crippen LogP contribution in [0.15, 0.2) is 59.7 Å². The SMILES string of the molecule is COc1ccc(-n2c([C@@H]3CCCN3)nc3c(-c4ccncc4)cc([N+](=O)[O-])cc3c2=O)cc1F. The average molecular weight is 461 g/mol. The first-order valence-corrected chi connectivity index (χ1v) is 10.7. The first-order chi connectivity index (χ1) is 16.5. The van der Waals surface area contributed by atoms with Crippen LogP contribution in [0.4, 0.5) is 10.1 Å². The molecule has 4 aromatic rings. The van der Waals surface area contributed by atoms with Gasteiger partial charge in [0.15, 0.2) is 11.6 Å². The fourth-order valence-corrected chi connectivity index (χ4v) is 4.33. The van der Waals surface area contributed by atoms with E-state index in [9.17, 15) is 19.3 Å². The third-order valence-corrected chi connectivity index (χ3v) is 5.95. The number of benzene rings is 2. The largest absolute Gasteiger partial charge is 0.494 e. The van der Waals surface area contributed by atoms with E-state index in [4.69, 9.17) is 9.72 Å². The van der Waals surface area contributed by atoms with E-state index >= 15 is 0 Å². The van der Waals surface area contributed by atoms with Gasteiger partial charge in [0.2, 0.25) is 0 Å². The van der Waals surface area contributed by atoms with Crippen LogP contribution in [0.5, 0.6) is 5.75 Å². The minimum atomic E-state index is -0.631. The third-order valence-electron chi connectivity index (χ3n) is 5.95. The van der Waals surface area contributed by atoms with Crippen molar-refractivity contribution in [3.05, 3.63) is 87.0 Å². The molecular formula is C24H20FN5O4. The predicted octanol–water partition coefficient (Wildman–Crippen LogP) is 3.93. The molecule has 5 rings (SSSR count). The highest BCUT2D eigenvalue weighted by Gasteiger charge is 2.26. The number of ether oxygens (including phenoxy) is 1. The molecule has 0 amide bonds. The summed E-state index contributed by atoms with van der Waals surface area (Å²) >= 11 is 0. The van der Waals surface area contributed by atoms with Gasteiger partial charge in [-0.05, 0) is 49.2 Å². The summed E-state index contributed by atoms with van der Waals surface area (Å²) in [5.41, 5.74) is 0.953. The van der Waals surface area contributed by atoms with Gasteiger partial charge in [0.05, 0.1) is 34.7 Å². The Bertz CT molecular complexity index is 1470. The zero-order chi connectivity index (χ0) is 23.8. The molecule has 34 heavy (non-hydrogen) atoms. The monoisotopic (exact) mass is 461 g/mol. The lowest BCUT2D eigenvalue weighted by molar-refractivity contribution is -0.384. The molecule has 1 atom stereocenters. The Morgan fingerprint density at radius 2 is 2.00 bits per heavy atom. The molecule has 10 heteroatoms. The molecule has 0 bridgehead atoms. The minimum absolute atomic E-state index is 0.0432. The molecule has 9 nitrogen and oxygen atoms in total. The first kappa shape index (κ1) is 21.7. The number of non-ortho nitro benzene ring substituents is 1. The smallest absolute Gasteiger partial charge is 0.271 e. The number of hydrogen-bond donors (Lipinski definition) is 1. The molecular weight excluding hydrogens is 441 g/mol. The van der Waals surface area contributed by atoms with Gasteiger partial charge < -0.3 is 10.1 Å². The zero-order valence-corrected chi connectivity index (χ0v) is 18.2. The summed E-state index contributed by atoms with van der Waals surface area (Å²) in [7, 11) is 1.36. The van der Waals surface area contributed by atoms with Gasteiger partial charge in [0, 0.05) is 36.2 Å². The Hall–Kier alpha value is -4.18. The van der Waals surface area contributed by atoms with Gasteiger partial charge in [-0.15, -0.1) is 0 Å². The number of methoxy groups -OCH3 is 1. The number of halogens is 1. The lowest BCUT2D eigenvalue weighted by atomic mass is 10.0. The predicted molar refractivity (Wildman–Crippen MR) is 124 cm³/mol. The molecule has 2 aromatic carbocycles. The molecule has 1 saturated heterocycles. The number of rotatable bonds is 5. The average Bonchev–Trinajstić information content (AvgIpc) is 3.39. The van der Waals surface area contributed by atoms with Crippen molar-refractivity contribution >= 4 is 16.6 Å². The maximum atomic E-state index is 14.6. The Balaban J connectivity index is 1.87. The standard InChI is InChI=1S/C24H20FN5O4/c1-34-21-5-4-15(13-19(21)25)29-23(20-3-2-8-27-20)28-22-17(14-6-9-26-10-7-14)11-16(30(32)33)12-18(22)24(29)31/h4-7,9-13,20,27H,2-3,8H2,1H3/t20-/m0/s1. The van der Waals surface area contributed by atoms with Crippen molar-refractivity contribution in [3.63, 3.8) is 0 Å². The number of nitro groups is 1. The molecule has 1 aliphatic rings. The minimum Gasteiger partial charge on any atom is -0.494 e. The molecule has 172 valence electrons. The van der Waals surface area contributed by atoms with Gasteiger partial charge in [0.25, 0.3) is 11.2 Å². The van der Waals surface area contributed by atoms with Crippen molar-refractivity contribution in [1.29, 1.82) is 0 Å². The first-order valence-electron chi connectivity index (χ1n) is 10.7. The molecule has 3 heterocycles. The van der Waals surface area contributed by atoms with Crippen molar-refractivity contribution in [3.8, 4) is 22.6 Å². The molecule has 1 N–H and O–H groups in total. The topological polar surface area (TPSA) is 112 Å². The molecule has 0 radical (unpaired) electrons. The molecule has 1 fully saturated rings. The van der Waals surface area contributed by atoms with Crippen LogP contribution >= 0.6 is 0 Å². The molecule has 0 unspecified atom stereocenters.